The van der Waals surface area contributed by atoms with Gasteiger partial charge in [-0.05, 0) is 48.4 Å². The monoisotopic (exact) mass is 609 g/mol. The molecule has 2 heterocycles. The summed E-state index contributed by atoms with van der Waals surface area (Å²) in [6.07, 6.45) is 1.89. The molecule has 5 rings (SSSR count). The number of amides is 1. The Balaban J connectivity index is 1.50. The number of anilines is 1. The molecule has 1 atom stereocenters. The number of ether oxygens (including phenoxy) is 1. The molecule has 0 aliphatic carbocycles. The second kappa shape index (κ2) is 12.8. The number of unbranched alkanes of at least 4 members (excludes halogenated alkanes) is 1. The van der Waals surface area contributed by atoms with Gasteiger partial charge in [-0.3, -0.25) is 14.5 Å². The molecule has 1 unspecified atom stereocenters. The molecule has 41 heavy (non-hydrogen) atoms. The number of carbonyl (C=O) groups excluding carboxylic acids is 2. The quantitative estimate of drug-likeness (QED) is 0.0499. The SMILES string of the molecule is CCCCOc1ccc(/C(O)=C2/C(=O)C(=O)N(c3nnc(SCc4ccccc4Cl)s3)C2c2ccccc2F)cc1. The van der Waals surface area contributed by atoms with Gasteiger partial charge in [-0.15, -0.1) is 10.2 Å². The van der Waals surface area contributed by atoms with Crippen molar-refractivity contribution >= 4 is 57.3 Å². The van der Waals surface area contributed by atoms with E-state index in [-0.39, 0.29) is 16.3 Å². The van der Waals surface area contributed by atoms with Gasteiger partial charge in [0.05, 0.1) is 12.2 Å². The fourth-order valence-electron chi connectivity index (χ4n) is 4.33. The maximum atomic E-state index is 15.2. The van der Waals surface area contributed by atoms with E-state index in [2.05, 4.69) is 17.1 Å². The molecule has 1 aromatic heterocycles. The molecule has 4 aromatic rings. The first-order valence-electron chi connectivity index (χ1n) is 12.9. The van der Waals surface area contributed by atoms with Crippen LogP contribution in [0.25, 0.3) is 5.76 Å². The number of nitrogens with zero attached hydrogens (tertiary/aromatic N) is 3. The highest BCUT2D eigenvalue weighted by atomic mass is 35.5. The van der Waals surface area contributed by atoms with Gasteiger partial charge in [0.25, 0.3) is 5.78 Å². The minimum atomic E-state index is -1.24. The smallest absolute Gasteiger partial charge is 0.301 e. The molecule has 0 radical (unpaired) electrons. The van der Waals surface area contributed by atoms with Crippen LogP contribution >= 0.6 is 34.7 Å². The molecule has 1 N–H and O–H groups in total. The number of Topliss-reactive ketones (excluding diaryl/α,β-unsaturated/α-hetero) is 1. The molecule has 1 fully saturated rings. The van der Waals surface area contributed by atoms with Crippen LogP contribution in [-0.2, 0) is 15.3 Å². The van der Waals surface area contributed by atoms with Crippen LogP contribution in [0.3, 0.4) is 0 Å². The van der Waals surface area contributed by atoms with Crippen molar-refractivity contribution in [3.05, 3.63) is 106 Å². The number of halogens is 2. The number of aromatic nitrogens is 2. The van der Waals surface area contributed by atoms with Crippen LogP contribution in [0.15, 0.2) is 82.7 Å². The second-order valence-corrected chi connectivity index (χ2v) is 11.7. The van der Waals surface area contributed by atoms with Gasteiger partial charge in [0.15, 0.2) is 4.34 Å². The summed E-state index contributed by atoms with van der Waals surface area (Å²) in [6.45, 7) is 2.62. The van der Waals surface area contributed by atoms with E-state index in [0.29, 0.717) is 33.0 Å². The lowest BCUT2D eigenvalue weighted by Crippen LogP contribution is -2.29. The maximum Gasteiger partial charge on any atom is 0.301 e. The van der Waals surface area contributed by atoms with Crippen LogP contribution in [-0.4, -0.2) is 33.6 Å². The van der Waals surface area contributed by atoms with E-state index in [4.69, 9.17) is 16.3 Å². The third-order valence-electron chi connectivity index (χ3n) is 6.45. The first-order chi connectivity index (χ1) is 19.9. The van der Waals surface area contributed by atoms with E-state index < -0.39 is 29.3 Å². The Morgan fingerprint density at radius 1 is 1.07 bits per heavy atom. The second-order valence-electron chi connectivity index (χ2n) is 9.15. The molecule has 11 heteroatoms. The van der Waals surface area contributed by atoms with Crippen molar-refractivity contribution in [3.8, 4) is 5.75 Å². The molecular formula is C30H25ClFN3O4S2. The van der Waals surface area contributed by atoms with Crippen LogP contribution in [0, 0.1) is 5.82 Å². The van der Waals surface area contributed by atoms with Gasteiger partial charge in [0.2, 0.25) is 5.13 Å². The number of ketones is 1. The van der Waals surface area contributed by atoms with Gasteiger partial charge >= 0.3 is 5.91 Å². The van der Waals surface area contributed by atoms with E-state index in [1.54, 1.807) is 36.4 Å². The molecule has 0 spiro atoms. The van der Waals surface area contributed by atoms with E-state index >= 15 is 4.39 Å². The Morgan fingerprint density at radius 2 is 1.80 bits per heavy atom. The molecule has 1 aliphatic heterocycles. The molecule has 3 aromatic carbocycles. The minimum Gasteiger partial charge on any atom is -0.507 e. The first kappa shape index (κ1) is 28.8. The van der Waals surface area contributed by atoms with Crippen molar-refractivity contribution in [2.75, 3.05) is 11.5 Å². The van der Waals surface area contributed by atoms with Crippen LogP contribution < -0.4 is 9.64 Å². The average molecular weight is 610 g/mol. The highest BCUT2D eigenvalue weighted by Gasteiger charge is 2.49. The molecule has 1 saturated heterocycles. The minimum absolute atomic E-state index is 0.0493. The van der Waals surface area contributed by atoms with Crippen LogP contribution in [0.2, 0.25) is 5.02 Å². The number of hydrogen-bond donors (Lipinski definition) is 1. The van der Waals surface area contributed by atoms with Crippen molar-refractivity contribution in [2.45, 2.75) is 35.9 Å². The molecule has 0 saturated carbocycles. The fourth-order valence-corrected chi connectivity index (χ4v) is 6.49. The topological polar surface area (TPSA) is 92.6 Å². The summed E-state index contributed by atoms with van der Waals surface area (Å²) < 4.78 is 21.4. The predicted molar refractivity (Wildman–Crippen MR) is 159 cm³/mol. The largest absolute Gasteiger partial charge is 0.507 e. The fraction of sp³-hybridized carbons (Fsp3) is 0.200. The third-order valence-corrected chi connectivity index (χ3v) is 8.92. The molecule has 210 valence electrons. The van der Waals surface area contributed by atoms with E-state index in [0.717, 1.165) is 34.6 Å². The number of rotatable bonds is 10. The Bertz CT molecular complexity index is 1610. The summed E-state index contributed by atoms with van der Waals surface area (Å²) >= 11 is 8.73. The molecular weight excluding hydrogens is 585 g/mol. The van der Waals surface area contributed by atoms with Crippen LogP contribution in [0.4, 0.5) is 9.52 Å². The van der Waals surface area contributed by atoms with Crippen LogP contribution in [0.1, 0.15) is 42.5 Å². The average Bonchev–Trinajstić information content (AvgIpc) is 3.55. The zero-order valence-corrected chi connectivity index (χ0v) is 24.3. The Kier molecular flexibility index (Phi) is 9.02. The molecule has 7 nitrogen and oxygen atoms in total. The summed E-state index contributed by atoms with van der Waals surface area (Å²) in [5, 5.41) is 20.4. The Morgan fingerprint density at radius 3 is 2.54 bits per heavy atom. The summed E-state index contributed by atoms with van der Waals surface area (Å²) in [6, 6.07) is 18.5. The van der Waals surface area contributed by atoms with E-state index in [9.17, 15) is 14.7 Å². The molecule has 1 amide bonds. The molecule has 0 bridgehead atoms. The third kappa shape index (κ3) is 6.14. The highest BCUT2D eigenvalue weighted by Crippen LogP contribution is 2.44. The summed E-state index contributed by atoms with van der Waals surface area (Å²) in [4.78, 5) is 27.9. The number of aliphatic hydroxyl groups excluding tert-OH is 1. The highest BCUT2D eigenvalue weighted by molar-refractivity contribution is 8.00. The van der Waals surface area contributed by atoms with Crippen molar-refractivity contribution in [2.24, 2.45) is 0 Å². The summed E-state index contributed by atoms with van der Waals surface area (Å²) in [5.41, 5.74) is 1.01. The first-order valence-corrected chi connectivity index (χ1v) is 15.1. The van der Waals surface area contributed by atoms with Crippen molar-refractivity contribution in [1.29, 1.82) is 0 Å². The summed E-state index contributed by atoms with van der Waals surface area (Å²) in [7, 11) is 0. The van der Waals surface area contributed by atoms with Gasteiger partial charge in [-0.1, -0.05) is 84.4 Å². The number of benzene rings is 3. The zero-order chi connectivity index (χ0) is 28.9. The zero-order valence-electron chi connectivity index (χ0n) is 21.9. The predicted octanol–water partition coefficient (Wildman–Crippen LogP) is 7.43. The van der Waals surface area contributed by atoms with Crippen molar-refractivity contribution in [1.82, 2.24) is 10.2 Å². The number of thioether (sulfide) groups is 1. The van der Waals surface area contributed by atoms with Gasteiger partial charge in [-0.2, -0.15) is 0 Å². The number of carbonyl (C=O) groups is 2. The Hall–Kier alpha value is -3.73. The van der Waals surface area contributed by atoms with Gasteiger partial charge < -0.3 is 9.84 Å². The number of aliphatic hydroxyl groups is 1. The van der Waals surface area contributed by atoms with Gasteiger partial charge in [0, 0.05) is 21.9 Å². The Labute approximate surface area is 249 Å². The summed E-state index contributed by atoms with van der Waals surface area (Å²) in [5.74, 6) is -1.80. The maximum absolute atomic E-state index is 15.2. The van der Waals surface area contributed by atoms with Crippen molar-refractivity contribution < 1.29 is 23.8 Å². The van der Waals surface area contributed by atoms with Crippen LogP contribution in [0.5, 0.6) is 5.75 Å². The van der Waals surface area contributed by atoms with Crippen molar-refractivity contribution in [3.63, 3.8) is 0 Å². The standard InChI is InChI=1S/C30H25ClFN3O4S2/c1-2-3-16-39-20-14-12-18(13-15-20)26(36)24-25(21-9-5-7-11-23(21)32)35(28(38)27(24)37)29-33-34-30(41-29)40-17-19-8-4-6-10-22(19)31/h4-15,25,36H,2-3,16-17H2,1H3/b26-24-. The molecule has 1 aliphatic rings. The van der Waals surface area contributed by atoms with E-state index in [1.165, 1.54) is 30.0 Å². The normalized spacial score (nSPS) is 16.4. The number of hydrogen-bond acceptors (Lipinski definition) is 8. The lowest BCUT2D eigenvalue weighted by Gasteiger charge is -2.22. The lowest BCUT2D eigenvalue weighted by molar-refractivity contribution is -0.132. The lowest BCUT2D eigenvalue weighted by atomic mass is 9.95. The van der Waals surface area contributed by atoms with Gasteiger partial charge in [0.1, 0.15) is 23.4 Å². The van der Waals surface area contributed by atoms with E-state index in [1.807, 2.05) is 18.2 Å². The van der Waals surface area contributed by atoms with Gasteiger partial charge in [-0.25, -0.2) is 4.39 Å².